The van der Waals surface area contributed by atoms with Gasteiger partial charge >= 0.3 is 0 Å². The van der Waals surface area contributed by atoms with E-state index in [4.69, 9.17) is 4.74 Å². The van der Waals surface area contributed by atoms with Gasteiger partial charge in [-0.05, 0) is 56.3 Å². The van der Waals surface area contributed by atoms with Crippen molar-refractivity contribution < 1.29 is 13.9 Å². The molecule has 2 N–H and O–H groups in total. The first-order valence-corrected chi connectivity index (χ1v) is 11.3. The Balaban J connectivity index is 1.50. The quantitative estimate of drug-likeness (QED) is 0.775. The van der Waals surface area contributed by atoms with E-state index in [9.17, 15) is 9.18 Å². The summed E-state index contributed by atoms with van der Waals surface area (Å²) in [5.74, 6) is 1.09. The molecular formula is C25H32FN3O2. The molecule has 2 atom stereocenters. The highest BCUT2D eigenvalue weighted by Crippen LogP contribution is 2.34. The summed E-state index contributed by atoms with van der Waals surface area (Å²) in [6.07, 6.45) is 2.61. The van der Waals surface area contributed by atoms with Gasteiger partial charge in [0.05, 0.1) is 12.6 Å². The molecule has 0 aromatic heterocycles. The number of hydrogen-bond donors (Lipinski definition) is 2. The minimum absolute atomic E-state index is 0.0434. The predicted octanol–water partition coefficient (Wildman–Crippen LogP) is 3.37. The summed E-state index contributed by atoms with van der Waals surface area (Å²) >= 11 is 0. The summed E-state index contributed by atoms with van der Waals surface area (Å²) in [6.45, 7) is 5.92. The fraction of sp³-hybridized carbons (Fsp3) is 0.480. The number of piperidine rings is 1. The lowest BCUT2D eigenvalue weighted by atomic mass is 9.85. The Hall–Kier alpha value is -2.44. The number of para-hydroxylation sites is 1. The lowest BCUT2D eigenvalue weighted by molar-refractivity contribution is -0.123. The molecule has 0 radical (unpaired) electrons. The van der Waals surface area contributed by atoms with Crippen LogP contribution >= 0.6 is 0 Å². The van der Waals surface area contributed by atoms with Crippen LogP contribution in [-0.2, 0) is 11.3 Å². The number of carbonyl (C=O) groups excluding carboxylic acids is 1. The third kappa shape index (κ3) is 5.63. The lowest BCUT2D eigenvalue weighted by Gasteiger charge is -2.31. The van der Waals surface area contributed by atoms with Crippen LogP contribution in [0.5, 0.6) is 5.75 Å². The Kier molecular flexibility index (Phi) is 7.20. The van der Waals surface area contributed by atoms with Crippen LogP contribution in [0.15, 0.2) is 42.5 Å². The van der Waals surface area contributed by atoms with E-state index in [1.54, 1.807) is 6.07 Å². The number of aryl methyl sites for hydroxylation is 1. The molecule has 2 aromatic rings. The fourth-order valence-corrected chi connectivity index (χ4v) is 4.62. The summed E-state index contributed by atoms with van der Waals surface area (Å²) in [5.41, 5.74) is 2.93. The number of benzene rings is 2. The van der Waals surface area contributed by atoms with E-state index in [0.717, 1.165) is 43.7 Å². The van der Waals surface area contributed by atoms with Gasteiger partial charge in [0.25, 0.3) is 0 Å². The molecule has 5 nitrogen and oxygen atoms in total. The van der Waals surface area contributed by atoms with Gasteiger partial charge in [-0.3, -0.25) is 9.69 Å². The molecule has 31 heavy (non-hydrogen) atoms. The average Bonchev–Trinajstić information content (AvgIpc) is 2.78. The zero-order valence-corrected chi connectivity index (χ0v) is 18.2. The molecule has 4 rings (SSSR count). The monoisotopic (exact) mass is 425 g/mol. The van der Waals surface area contributed by atoms with Crippen LogP contribution in [0.2, 0.25) is 0 Å². The van der Waals surface area contributed by atoms with Gasteiger partial charge in [-0.1, -0.05) is 35.9 Å². The normalized spacial score (nSPS) is 23.2. The number of halogens is 1. The van der Waals surface area contributed by atoms with Crippen LogP contribution in [-0.4, -0.2) is 49.6 Å². The Bertz CT molecular complexity index is 904. The van der Waals surface area contributed by atoms with Gasteiger partial charge in [-0.2, -0.15) is 0 Å². The van der Waals surface area contributed by atoms with E-state index in [-0.39, 0.29) is 17.8 Å². The van der Waals surface area contributed by atoms with Crippen LogP contribution in [0, 0.1) is 12.7 Å². The van der Waals surface area contributed by atoms with Gasteiger partial charge in [0.2, 0.25) is 5.91 Å². The van der Waals surface area contributed by atoms with Crippen LogP contribution in [0.3, 0.4) is 0 Å². The molecule has 1 amide bonds. The molecule has 0 unspecified atom stereocenters. The van der Waals surface area contributed by atoms with Crippen LogP contribution in [0.25, 0.3) is 0 Å². The zero-order chi connectivity index (χ0) is 21.6. The molecule has 1 saturated heterocycles. The second kappa shape index (κ2) is 10.2. The van der Waals surface area contributed by atoms with Gasteiger partial charge in [-0.25, -0.2) is 4.39 Å². The number of carbonyl (C=O) groups is 1. The lowest BCUT2D eigenvalue weighted by Crippen LogP contribution is -2.49. The molecule has 0 saturated carbocycles. The zero-order valence-electron chi connectivity index (χ0n) is 18.2. The smallest absolute Gasteiger partial charge is 0.237 e. The number of ether oxygens (including phenoxy) is 1. The molecule has 2 heterocycles. The first kappa shape index (κ1) is 21.8. The topological polar surface area (TPSA) is 53.6 Å². The van der Waals surface area contributed by atoms with E-state index in [1.165, 1.54) is 11.6 Å². The van der Waals surface area contributed by atoms with Crippen molar-refractivity contribution >= 4 is 5.91 Å². The van der Waals surface area contributed by atoms with Gasteiger partial charge in [0.1, 0.15) is 11.6 Å². The van der Waals surface area contributed by atoms with E-state index in [0.29, 0.717) is 37.7 Å². The number of nitrogens with one attached hydrogen (secondary N) is 2. The number of rotatable bonds is 2. The molecule has 2 bridgehead atoms. The largest absolute Gasteiger partial charge is 0.493 e. The highest BCUT2D eigenvalue weighted by Gasteiger charge is 2.29. The molecular weight excluding hydrogens is 393 g/mol. The Morgan fingerprint density at radius 3 is 2.94 bits per heavy atom. The molecule has 2 aliphatic rings. The van der Waals surface area contributed by atoms with Crippen molar-refractivity contribution in [2.45, 2.75) is 44.7 Å². The average molecular weight is 426 g/mol. The molecule has 166 valence electrons. The van der Waals surface area contributed by atoms with Crippen molar-refractivity contribution in [3.63, 3.8) is 0 Å². The van der Waals surface area contributed by atoms with Crippen LogP contribution in [0.4, 0.5) is 4.39 Å². The maximum Gasteiger partial charge on any atom is 0.237 e. The summed E-state index contributed by atoms with van der Waals surface area (Å²) in [4.78, 5) is 15.0. The first-order chi connectivity index (χ1) is 15.1. The summed E-state index contributed by atoms with van der Waals surface area (Å²) in [5, 5.41) is 6.45. The van der Waals surface area contributed by atoms with E-state index in [1.807, 2.05) is 31.2 Å². The fourth-order valence-electron chi connectivity index (χ4n) is 4.62. The minimum Gasteiger partial charge on any atom is -0.493 e. The van der Waals surface area contributed by atoms with Crippen molar-refractivity contribution in [2.24, 2.45) is 0 Å². The van der Waals surface area contributed by atoms with Gasteiger partial charge < -0.3 is 15.4 Å². The molecule has 6 heteroatoms. The molecule has 1 fully saturated rings. The van der Waals surface area contributed by atoms with Crippen LogP contribution < -0.4 is 15.4 Å². The van der Waals surface area contributed by atoms with Gasteiger partial charge in [0, 0.05) is 31.7 Å². The van der Waals surface area contributed by atoms with Gasteiger partial charge in [0.15, 0.2) is 0 Å². The molecule has 0 aliphatic carbocycles. The number of nitrogens with zero attached hydrogens (tertiary/aromatic N) is 1. The van der Waals surface area contributed by atoms with Crippen molar-refractivity contribution in [2.75, 3.05) is 32.8 Å². The number of hydrogen-bond acceptors (Lipinski definition) is 4. The van der Waals surface area contributed by atoms with Gasteiger partial charge in [-0.15, -0.1) is 0 Å². The predicted molar refractivity (Wildman–Crippen MR) is 120 cm³/mol. The van der Waals surface area contributed by atoms with E-state index < -0.39 is 0 Å². The third-order valence-corrected chi connectivity index (χ3v) is 6.28. The van der Waals surface area contributed by atoms with E-state index >= 15 is 0 Å². The maximum absolute atomic E-state index is 14.3. The second-order valence-electron chi connectivity index (χ2n) is 8.63. The van der Waals surface area contributed by atoms with Crippen molar-refractivity contribution in [1.29, 1.82) is 0 Å². The summed E-state index contributed by atoms with van der Waals surface area (Å²) in [7, 11) is 0. The summed E-state index contributed by atoms with van der Waals surface area (Å²) in [6, 6.07) is 13.2. The van der Waals surface area contributed by atoms with Crippen molar-refractivity contribution in [3.8, 4) is 5.75 Å². The molecule has 0 spiro atoms. The summed E-state index contributed by atoms with van der Waals surface area (Å²) < 4.78 is 20.5. The SMILES string of the molecule is Cc1ccc(F)c(CN2CCCOc3ccccc3[C@H]3CCN[C@H](C3)C(=O)NCC2)c1. The molecule has 2 aliphatic heterocycles. The maximum atomic E-state index is 14.3. The Morgan fingerprint density at radius 2 is 2.03 bits per heavy atom. The second-order valence-corrected chi connectivity index (χ2v) is 8.63. The highest BCUT2D eigenvalue weighted by molar-refractivity contribution is 5.82. The van der Waals surface area contributed by atoms with Crippen molar-refractivity contribution in [1.82, 2.24) is 15.5 Å². The van der Waals surface area contributed by atoms with Crippen molar-refractivity contribution in [3.05, 3.63) is 65.0 Å². The number of amides is 1. The first-order valence-electron chi connectivity index (χ1n) is 11.3. The minimum atomic E-state index is -0.197. The van der Waals surface area contributed by atoms with Crippen LogP contribution in [0.1, 0.15) is 41.9 Å². The third-order valence-electron chi connectivity index (χ3n) is 6.28. The Morgan fingerprint density at radius 1 is 1.16 bits per heavy atom. The van der Waals surface area contributed by atoms with E-state index in [2.05, 4.69) is 21.6 Å². The number of fused-ring (bicyclic) bond motifs is 4. The highest BCUT2D eigenvalue weighted by atomic mass is 19.1. The standard InChI is InChI=1S/C25H32FN3O2/c1-18-7-8-22(26)20(15-18)17-29-12-4-14-31-24-6-3-2-5-21(24)19-9-10-27-23(16-19)25(30)28-11-13-29/h2-3,5-8,15,19,23,27H,4,9-14,16-17H2,1H3,(H,28,30)/t19-,23+/m0/s1. The Labute approximate surface area is 184 Å². The molecule has 2 aromatic carbocycles.